The number of anilines is 1. The van der Waals surface area contributed by atoms with Gasteiger partial charge in [-0.25, -0.2) is 17.7 Å². The van der Waals surface area contributed by atoms with Crippen molar-refractivity contribution in [3.05, 3.63) is 112 Å². The van der Waals surface area contributed by atoms with E-state index in [1.54, 1.807) is 30.3 Å². The van der Waals surface area contributed by atoms with Crippen LogP contribution in [0.5, 0.6) is 0 Å². The van der Waals surface area contributed by atoms with Crippen molar-refractivity contribution < 1.29 is 13.2 Å². The summed E-state index contributed by atoms with van der Waals surface area (Å²) >= 11 is 3.31. The molecular formula is C33H32BrN3O3S. The van der Waals surface area contributed by atoms with Crippen molar-refractivity contribution in [3.8, 4) is 11.1 Å². The first-order chi connectivity index (χ1) is 19.7. The number of amides is 1. The lowest BCUT2D eigenvalue weighted by Crippen LogP contribution is -2.30. The number of aryl methyl sites for hydroxylation is 3. The Bertz CT molecular complexity index is 1830. The number of carbonyl (C=O) groups is 1. The van der Waals surface area contributed by atoms with Crippen molar-refractivity contribution >= 4 is 49.1 Å². The predicted molar refractivity (Wildman–Crippen MR) is 169 cm³/mol. The Morgan fingerprint density at radius 2 is 1.66 bits per heavy atom. The molecule has 0 aliphatic carbocycles. The van der Waals surface area contributed by atoms with Crippen LogP contribution in [-0.2, 0) is 27.8 Å². The van der Waals surface area contributed by atoms with Crippen LogP contribution in [0.3, 0.4) is 0 Å². The maximum absolute atomic E-state index is 13.5. The van der Waals surface area contributed by atoms with Gasteiger partial charge in [-0.2, -0.15) is 0 Å². The summed E-state index contributed by atoms with van der Waals surface area (Å²) in [5.41, 5.74) is 7.36. The molecule has 2 heterocycles. The average Bonchev–Trinajstić information content (AvgIpc) is 3.30. The summed E-state index contributed by atoms with van der Waals surface area (Å²) < 4.78 is 30.5. The van der Waals surface area contributed by atoms with E-state index in [1.165, 1.54) is 22.7 Å². The van der Waals surface area contributed by atoms with Gasteiger partial charge in [0, 0.05) is 33.4 Å². The molecule has 0 atom stereocenters. The molecule has 41 heavy (non-hydrogen) atoms. The second-order valence-electron chi connectivity index (χ2n) is 10.2. The highest BCUT2D eigenvalue weighted by atomic mass is 79.9. The van der Waals surface area contributed by atoms with Crippen LogP contribution in [0, 0.1) is 13.8 Å². The highest BCUT2D eigenvalue weighted by Gasteiger charge is 2.28. The average molecular weight is 631 g/mol. The Balaban J connectivity index is 1.51. The third-order valence-electron chi connectivity index (χ3n) is 7.29. The van der Waals surface area contributed by atoms with Crippen LogP contribution in [0.2, 0.25) is 0 Å². The van der Waals surface area contributed by atoms with Gasteiger partial charge in [0.15, 0.2) is 0 Å². The summed E-state index contributed by atoms with van der Waals surface area (Å²) in [6.07, 6.45) is 3.58. The molecule has 2 aromatic heterocycles. The van der Waals surface area contributed by atoms with E-state index in [0.717, 1.165) is 46.0 Å². The molecule has 0 saturated carbocycles. The van der Waals surface area contributed by atoms with E-state index in [4.69, 9.17) is 4.98 Å². The van der Waals surface area contributed by atoms with Crippen molar-refractivity contribution in [3.63, 3.8) is 0 Å². The van der Waals surface area contributed by atoms with Crippen molar-refractivity contribution in [2.24, 2.45) is 0 Å². The zero-order chi connectivity index (χ0) is 29.1. The SMILES string of the molecule is CCCCc1cc2c(C)cc(C)nc2n1Cc1ccc(-c2ccccc2N(C=O)S(=O)(=O)c2ccccc2Br)cc1. The first kappa shape index (κ1) is 28.8. The minimum atomic E-state index is -4.14. The molecule has 5 rings (SSSR count). The lowest BCUT2D eigenvalue weighted by atomic mass is 10.0. The van der Waals surface area contributed by atoms with Gasteiger partial charge >= 0.3 is 0 Å². The Morgan fingerprint density at radius 3 is 2.37 bits per heavy atom. The molecule has 0 radical (unpaired) electrons. The summed E-state index contributed by atoms with van der Waals surface area (Å²) in [6, 6.07) is 26.0. The highest BCUT2D eigenvalue weighted by Crippen LogP contribution is 2.35. The number of rotatable bonds is 10. The summed E-state index contributed by atoms with van der Waals surface area (Å²) in [5.74, 6) is 0. The van der Waals surface area contributed by atoms with Gasteiger partial charge in [0.25, 0.3) is 10.0 Å². The second-order valence-corrected chi connectivity index (χ2v) is 12.8. The molecule has 0 spiro atoms. The summed E-state index contributed by atoms with van der Waals surface area (Å²) in [7, 11) is -4.14. The number of benzene rings is 3. The van der Waals surface area contributed by atoms with Crippen LogP contribution in [0.15, 0.2) is 94.3 Å². The van der Waals surface area contributed by atoms with Gasteiger partial charge in [0.05, 0.1) is 5.69 Å². The van der Waals surface area contributed by atoms with E-state index in [9.17, 15) is 13.2 Å². The monoisotopic (exact) mass is 629 g/mol. The molecule has 6 nitrogen and oxygen atoms in total. The number of fused-ring (bicyclic) bond motifs is 1. The maximum atomic E-state index is 13.5. The van der Waals surface area contributed by atoms with Crippen molar-refractivity contribution in [2.75, 3.05) is 4.31 Å². The van der Waals surface area contributed by atoms with E-state index >= 15 is 0 Å². The first-order valence-electron chi connectivity index (χ1n) is 13.6. The smallest absolute Gasteiger partial charge is 0.271 e. The first-order valence-corrected chi connectivity index (χ1v) is 15.9. The zero-order valence-corrected chi connectivity index (χ0v) is 25.7. The van der Waals surface area contributed by atoms with E-state index < -0.39 is 10.0 Å². The molecule has 0 N–H and O–H groups in total. The Hall–Kier alpha value is -3.75. The molecule has 8 heteroatoms. The molecule has 0 unspecified atom stereocenters. The van der Waals surface area contributed by atoms with E-state index in [2.05, 4.69) is 58.6 Å². The number of unbranched alkanes of at least 4 members (excludes halogenated alkanes) is 1. The minimum Gasteiger partial charge on any atom is -0.325 e. The standard InChI is InChI=1S/C33H32BrN3O3S/c1-4-5-10-27-20-29-23(2)19-24(3)35-33(29)36(27)21-25-15-17-26(18-16-25)28-11-6-8-13-31(28)37(22-38)41(39,40)32-14-9-7-12-30(32)34/h6-9,11-20,22H,4-5,10,21H2,1-3H3. The molecule has 0 aliphatic heterocycles. The fourth-order valence-electron chi connectivity index (χ4n) is 5.22. The maximum Gasteiger partial charge on any atom is 0.271 e. The Labute approximate surface area is 249 Å². The Kier molecular flexibility index (Phi) is 8.42. The number of carbonyl (C=O) groups excluding carboxylic acids is 1. The lowest BCUT2D eigenvalue weighted by Gasteiger charge is -2.21. The number of sulfonamides is 1. The van der Waals surface area contributed by atoms with Crippen LogP contribution in [-0.4, -0.2) is 24.4 Å². The molecule has 0 saturated heterocycles. The van der Waals surface area contributed by atoms with E-state index in [1.807, 2.05) is 31.2 Å². The molecule has 0 bridgehead atoms. The van der Waals surface area contributed by atoms with Gasteiger partial charge in [-0.05, 0) is 89.6 Å². The fourth-order valence-corrected chi connectivity index (χ4v) is 7.42. The summed E-state index contributed by atoms with van der Waals surface area (Å²) in [5, 5.41) is 1.19. The normalized spacial score (nSPS) is 11.6. The van der Waals surface area contributed by atoms with E-state index in [0.29, 0.717) is 28.7 Å². The largest absolute Gasteiger partial charge is 0.325 e. The van der Waals surface area contributed by atoms with Crippen molar-refractivity contribution in [1.82, 2.24) is 9.55 Å². The van der Waals surface area contributed by atoms with Gasteiger partial charge in [-0.3, -0.25) is 4.79 Å². The molecule has 210 valence electrons. The van der Waals surface area contributed by atoms with Crippen molar-refractivity contribution in [1.29, 1.82) is 0 Å². The molecule has 1 amide bonds. The molecule has 3 aromatic carbocycles. The molecule has 0 aliphatic rings. The predicted octanol–water partition coefficient (Wildman–Crippen LogP) is 7.83. The zero-order valence-electron chi connectivity index (χ0n) is 23.3. The van der Waals surface area contributed by atoms with Crippen LogP contribution < -0.4 is 4.31 Å². The molecule has 0 fully saturated rings. The fraction of sp³-hybridized carbons (Fsp3) is 0.212. The number of hydrogen-bond acceptors (Lipinski definition) is 4. The number of para-hydroxylation sites is 1. The van der Waals surface area contributed by atoms with Gasteiger partial charge in [-0.15, -0.1) is 0 Å². The molecule has 5 aromatic rings. The van der Waals surface area contributed by atoms with Gasteiger partial charge < -0.3 is 4.57 Å². The number of halogens is 1. The minimum absolute atomic E-state index is 0.0224. The third-order valence-corrected chi connectivity index (χ3v) is 9.96. The van der Waals surface area contributed by atoms with Gasteiger partial charge in [0.2, 0.25) is 6.41 Å². The number of pyridine rings is 1. The highest BCUT2D eigenvalue weighted by molar-refractivity contribution is 9.10. The van der Waals surface area contributed by atoms with E-state index in [-0.39, 0.29) is 4.90 Å². The van der Waals surface area contributed by atoms with Crippen LogP contribution in [0.25, 0.3) is 22.2 Å². The third kappa shape index (κ3) is 5.72. The quantitative estimate of drug-likeness (QED) is 0.148. The summed E-state index contributed by atoms with van der Waals surface area (Å²) in [6.45, 7) is 7.04. The lowest BCUT2D eigenvalue weighted by molar-refractivity contribution is -0.106. The number of nitrogens with zero attached hydrogens (tertiary/aromatic N) is 3. The second kappa shape index (κ2) is 12.0. The Morgan fingerprint density at radius 1 is 0.951 bits per heavy atom. The van der Waals surface area contributed by atoms with Crippen LogP contribution >= 0.6 is 15.9 Å². The van der Waals surface area contributed by atoms with Crippen LogP contribution in [0.1, 0.15) is 42.3 Å². The number of aromatic nitrogens is 2. The van der Waals surface area contributed by atoms with Crippen molar-refractivity contribution in [2.45, 2.75) is 51.5 Å². The van der Waals surface area contributed by atoms with Gasteiger partial charge in [0.1, 0.15) is 10.5 Å². The van der Waals surface area contributed by atoms with Gasteiger partial charge in [-0.1, -0.05) is 67.9 Å². The van der Waals surface area contributed by atoms with Crippen LogP contribution in [0.4, 0.5) is 5.69 Å². The number of hydrogen-bond donors (Lipinski definition) is 0. The molecular weight excluding hydrogens is 598 g/mol. The topological polar surface area (TPSA) is 72.3 Å². The summed E-state index contributed by atoms with van der Waals surface area (Å²) in [4.78, 5) is 17.1.